The number of hydrogen-bond donors (Lipinski definition) is 0. The van der Waals surface area contributed by atoms with Crippen LogP contribution in [-0.4, -0.2) is 155 Å². The normalized spacial score (nSPS) is 19.1. The third-order valence-electron chi connectivity index (χ3n) is 21.1. The van der Waals surface area contributed by atoms with Crippen LogP contribution in [0, 0.1) is 34.9 Å². The Hall–Kier alpha value is -11.2. The van der Waals surface area contributed by atoms with Crippen molar-refractivity contribution in [2.75, 3.05) is 87.5 Å². The predicted molar refractivity (Wildman–Crippen MR) is 447 cm³/mol. The summed E-state index contributed by atoms with van der Waals surface area (Å²) in [5.41, 5.74) is 4.24. The maximum absolute atomic E-state index is 15.0. The highest BCUT2D eigenvalue weighted by Crippen LogP contribution is 2.43. The van der Waals surface area contributed by atoms with Crippen LogP contribution in [0.5, 0.6) is 0 Å². The summed E-state index contributed by atoms with van der Waals surface area (Å²) in [5.74, 6) is -4.76. The Morgan fingerprint density at radius 2 is 0.767 bits per heavy atom. The largest absolute Gasteiger partial charge is 0.444 e. The Kier molecular flexibility index (Phi) is 28.0. The molecular weight excluding hydrogens is 1640 g/mol. The third-order valence-corrected chi connectivity index (χ3v) is 25.3. The molecule has 33 heteroatoms. The highest BCUT2D eigenvalue weighted by atomic mass is 32.2. The van der Waals surface area contributed by atoms with E-state index in [-0.39, 0.29) is 59.3 Å². The van der Waals surface area contributed by atoms with Gasteiger partial charge >= 0.3 is 30.5 Å². The molecule has 8 heterocycles. The lowest BCUT2D eigenvalue weighted by Gasteiger charge is -2.30. The minimum Gasteiger partial charge on any atom is -0.444 e. The van der Waals surface area contributed by atoms with Crippen molar-refractivity contribution in [3.63, 3.8) is 0 Å². The molecule has 6 saturated heterocycles. The Morgan fingerprint density at radius 3 is 1.12 bits per heavy atom. The van der Waals surface area contributed by atoms with Crippen LogP contribution < -0.4 is 24.5 Å². The molecule has 6 aliphatic heterocycles. The van der Waals surface area contributed by atoms with Gasteiger partial charge in [-0.15, -0.1) is 23.5 Å². The van der Waals surface area contributed by atoms with E-state index in [0.29, 0.717) is 101 Å². The van der Waals surface area contributed by atoms with Gasteiger partial charge in [-0.3, -0.25) is 24.5 Å². The number of nitrogens with zero attached hydrogens (tertiary/aromatic N) is 8. The molecule has 22 nitrogen and oxygen atoms in total. The number of benzene rings is 8. The van der Waals surface area contributed by atoms with Crippen LogP contribution in [0.4, 0.5) is 83.1 Å². The maximum atomic E-state index is 15.0. The number of ether oxygens (including phenoxy) is 5. The van der Waals surface area contributed by atoms with Crippen molar-refractivity contribution >= 4 is 108 Å². The SMILES string of the molecule is CC[C@H]1CN(c2cc(F)c(C3(F)CCS(=O)(=O)CC3)c(F)c2)C(=O)O1.CC[C@H]1CN(c2ccc(-c3ccc(S(C)(=O)=O)cc3)c(F)c2)C(=O)O1.CC[C@H]1CN(c2ccc(-c3ccc(SC)cc3)c(F)c2)C(=O)O1.CC[C@H]1CN(c2ccc(-c3ccc4ncnn4c3)c(F)c2)C(=O)O1.CC[C@H]1CN(c2ccc(-c3cccc(SC)c3)c(F)c2)C(=O)O1. The molecule has 120 heavy (non-hydrogen) atoms. The number of sulfone groups is 2. The number of aromatic nitrogens is 3. The van der Waals surface area contributed by atoms with E-state index in [4.69, 9.17) is 23.7 Å². The second kappa shape index (κ2) is 38.1. The minimum absolute atomic E-state index is 0.0493. The maximum Gasteiger partial charge on any atom is 0.414 e. The average Bonchev–Trinajstić information content (AvgIpc) is 0.873. The van der Waals surface area contributed by atoms with Crippen LogP contribution in [0.25, 0.3) is 50.2 Å². The molecule has 0 aliphatic carbocycles. The van der Waals surface area contributed by atoms with Crippen molar-refractivity contribution < 1.29 is 95.2 Å². The lowest BCUT2D eigenvalue weighted by atomic mass is 9.89. The van der Waals surface area contributed by atoms with Crippen molar-refractivity contribution in [3.8, 4) is 44.5 Å². The van der Waals surface area contributed by atoms with Crippen molar-refractivity contribution in [3.05, 3.63) is 223 Å². The van der Waals surface area contributed by atoms with Crippen molar-refractivity contribution in [2.24, 2.45) is 0 Å². The number of amides is 5. The molecule has 5 amide bonds. The fourth-order valence-electron chi connectivity index (χ4n) is 14.0. The van der Waals surface area contributed by atoms with E-state index in [9.17, 15) is 67.2 Å². The second-order valence-corrected chi connectivity index (χ2v) is 35.0. The molecule has 6 fully saturated rings. The van der Waals surface area contributed by atoms with Gasteiger partial charge < -0.3 is 23.7 Å². The van der Waals surface area contributed by atoms with Crippen molar-refractivity contribution in [1.29, 1.82) is 0 Å². The van der Waals surface area contributed by atoms with E-state index >= 15 is 4.39 Å². The first kappa shape index (κ1) is 88.1. The first-order valence-corrected chi connectivity index (χ1v) is 44.9. The van der Waals surface area contributed by atoms with Gasteiger partial charge in [0, 0.05) is 50.1 Å². The topological polar surface area (TPSA) is 246 Å². The van der Waals surface area contributed by atoms with Gasteiger partial charge in [-0.1, -0.05) is 71.0 Å². The Balaban J connectivity index is 0.000000138. The summed E-state index contributed by atoms with van der Waals surface area (Å²) in [7, 11) is -6.67. The number of anilines is 5. The fourth-order valence-corrected chi connectivity index (χ4v) is 17.0. The molecular formula is C87H87F7N8O14S4. The highest BCUT2D eigenvalue weighted by molar-refractivity contribution is 7.98. The summed E-state index contributed by atoms with van der Waals surface area (Å²) < 4.78 is 176. The molecule has 2 aromatic heterocycles. The van der Waals surface area contributed by atoms with Crippen LogP contribution in [0.3, 0.4) is 0 Å². The predicted octanol–water partition coefficient (Wildman–Crippen LogP) is 19.9. The third kappa shape index (κ3) is 20.5. The van der Waals surface area contributed by atoms with Crippen molar-refractivity contribution in [2.45, 2.75) is 130 Å². The van der Waals surface area contributed by atoms with Gasteiger partial charge in [0.25, 0.3) is 0 Å². The van der Waals surface area contributed by atoms with Gasteiger partial charge in [0.15, 0.2) is 25.3 Å². The summed E-state index contributed by atoms with van der Waals surface area (Å²) in [5, 5.41) is 4.06. The number of carbonyl (C=O) groups is 5. The quantitative estimate of drug-likeness (QED) is 0.0440. The van der Waals surface area contributed by atoms with Crippen LogP contribution in [0.15, 0.2) is 197 Å². The number of halogens is 7. The lowest BCUT2D eigenvalue weighted by Crippen LogP contribution is -2.35. The number of hydrogen-bond acceptors (Lipinski definition) is 18. The van der Waals surface area contributed by atoms with E-state index in [0.717, 1.165) is 63.5 Å². The summed E-state index contributed by atoms with van der Waals surface area (Å²) in [6.07, 6.45) is 7.43. The van der Waals surface area contributed by atoms with Gasteiger partial charge in [0.2, 0.25) is 0 Å². The second-order valence-electron chi connectivity index (χ2n) is 28.9. The van der Waals surface area contributed by atoms with Gasteiger partial charge in [-0.2, -0.15) is 5.10 Å². The Labute approximate surface area is 698 Å². The average molecular weight is 1730 g/mol. The van der Waals surface area contributed by atoms with Gasteiger partial charge in [-0.25, -0.2) is 81.0 Å². The van der Waals surface area contributed by atoms with Gasteiger partial charge in [-0.05, 0) is 208 Å². The number of cyclic esters (lactones) is 5. The molecule has 0 spiro atoms. The molecule has 8 aromatic carbocycles. The number of carbonyl (C=O) groups excluding carboxylic acids is 5. The van der Waals surface area contributed by atoms with Crippen LogP contribution in [-0.2, 0) is 49.0 Å². The zero-order valence-corrected chi connectivity index (χ0v) is 69.9. The summed E-state index contributed by atoms with van der Waals surface area (Å²) in [6, 6.07) is 45.9. The standard InChI is InChI=1S/C18H18FNO4S.2C18H18FNO2S.C17H15FN4O2.C16H18F3NO4S/c1-3-14-11-20(18(21)24-14)13-6-9-16(17(19)10-13)12-4-7-15(8-5-12)25(2,22)23;1-3-14-11-20(18(21)22-14)13-6-9-16(17(19)10-13)12-4-7-15(23-2)8-5-12;1-3-14-11-20(18(21)22-14)13-7-8-16(17(19)10-13)12-5-4-6-15(9-12)23-2;1-2-13-9-21(17(23)24-13)12-4-5-14(15(18)7-12)11-3-6-16-19-10-20-22(16)8-11;1-2-11-9-20(15(21)24-11)10-7-12(17)14(13(18)8-10)16(19)3-5-25(22,23)6-4-16/h4-10,14H,3,11H2,1-2H3;2*4-10,14H,3,11H2,1-2H3;3-8,10,13H,2,9H2,1H3;7-8,11H,2-6,9H2,1H3/t3*14-;13-;11-/m00000/s1. The molecule has 0 unspecified atom stereocenters. The molecule has 632 valence electrons. The highest BCUT2D eigenvalue weighted by Gasteiger charge is 2.44. The molecule has 0 bridgehead atoms. The molecule has 6 aliphatic rings. The number of thioether (sulfide) groups is 2. The molecule has 0 radical (unpaired) electrons. The number of pyridine rings is 1. The lowest BCUT2D eigenvalue weighted by molar-refractivity contribution is 0.136. The summed E-state index contributed by atoms with van der Waals surface area (Å²) >= 11 is 3.27. The molecule has 5 atom stereocenters. The van der Waals surface area contributed by atoms with E-state index in [1.807, 2.05) is 95.7 Å². The summed E-state index contributed by atoms with van der Waals surface area (Å²) in [6.45, 7) is 11.6. The smallest absolute Gasteiger partial charge is 0.414 e. The van der Waals surface area contributed by atoms with E-state index in [1.165, 1.54) is 62.3 Å². The zero-order chi connectivity index (χ0) is 86.1. The Bertz CT molecular complexity index is 5660. The number of rotatable bonds is 18. The number of alkyl halides is 1. The van der Waals surface area contributed by atoms with Crippen molar-refractivity contribution in [1.82, 2.24) is 14.6 Å². The monoisotopic (exact) mass is 1730 g/mol. The first-order chi connectivity index (χ1) is 57.3. The molecule has 10 aromatic rings. The van der Waals surface area contributed by atoms with Crippen LogP contribution in [0.2, 0.25) is 0 Å². The fraction of sp³-hybridized carbons (Fsp3) is 0.322. The van der Waals surface area contributed by atoms with E-state index < -0.39 is 109 Å². The van der Waals surface area contributed by atoms with E-state index in [1.54, 1.807) is 107 Å². The summed E-state index contributed by atoms with van der Waals surface area (Å²) in [4.78, 5) is 72.7. The van der Waals surface area contributed by atoms with Gasteiger partial charge in [0.1, 0.15) is 77.4 Å². The van der Waals surface area contributed by atoms with E-state index in [2.05, 4.69) is 10.1 Å². The van der Waals surface area contributed by atoms with Crippen LogP contribution in [0.1, 0.15) is 85.1 Å². The minimum atomic E-state index is -3.38. The molecule has 0 N–H and O–H groups in total. The zero-order valence-electron chi connectivity index (χ0n) is 66.7. The Morgan fingerprint density at radius 1 is 0.425 bits per heavy atom. The van der Waals surface area contributed by atoms with Crippen LogP contribution >= 0.6 is 23.5 Å². The first-order valence-electron chi connectivity index (χ1n) is 38.7. The van der Waals surface area contributed by atoms with Gasteiger partial charge in [0.05, 0.1) is 83.1 Å². The number of fused-ring (bicyclic) bond motifs is 1. The molecule has 16 rings (SSSR count). The molecule has 0 saturated carbocycles.